The zero-order chi connectivity index (χ0) is 13.6. The van der Waals surface area contributed by atoms with E-state index in [0.717, 1.165) is 0 Å². The van der Waals surface area contributed by atoms with Crippen molar-refractivity contribution < 1.29 is 14.3 Å². The summed E-state index contributed by atoms with van der Waals surface area (Å²) in [4.78, 5) is 11.3. The average molecular weight is 250 g/mol. The third-order valence-electron chi connectivity index (χ3n) is 3.34. The number of carboxylic acids is 1. The molecule has 0 spiro atoms. The number of aliphatic carboxylic acids is 1. The highest BCUT2D eigenvalue weighted by Crippen LogP contribution is 2.25. The van der Waals surface area contributed by atoms with E-state index in [1.54, 1.807) is 12.1 Å². The minimum absolute atomic E-state index is 0.266. The van der Waals surface area contributed by atoms with Gasteiger partial charge >= 0.3 is 5.97 Å². The van der Waals surface area contributed by atoms with E-state index in [0.29, 0.717) is 31.7 Å². The lowest BCUT2D eigenvalue weighted by Gasteiger charge is -2.26. The zero-order valence-electron chi connectivity index (χ0n) is 10.7. The molecule has 98 valence electrons. The van der Waals surface area contributed by atoms with Crippen molar-refractivity contribution >= 4 is 5.97 Å². The number of nitriles is 1. The van der Waals surface area contributed by atoms with E-state index in [-0.39, 0.29) is 5.76 Å². The molecule has 0 aliphatic rings. The normalized spacial score (nSPS) is 11.2. The first-order valence-corrected chi connectivity index (χ1v) is 6.01. The van der Waals surface area contributed by atoms with Crippen molar-refractivity contribution in [1.29, 1.82) is 5.26 Å². The van der Waals surface area contributed by atoms with Crippen molar-refractivity contribution in [2.75, 3.05) is 6.54 Å². The standard InChI is InChI=1S/C13H18N2O3/c1-3-13(4-2,12(16)17)9-15-8-11-6-5-10(7-14)18-11/h5-6,15H,3-4,8-9H2,1-2H3,(H,16,17). The van der Waals surface area contributed by atoms with Crippen molar-refractivity contribution in [3.63, 3.8) is 0 Å². The molecule has 0 fully saturated rings. The van der Waals surface area contributed by atoms with Crippen LogP contribution < -0.4 is 5.32 Å². The Kier molecular flexibility index (Phi) is 4.93. The van der Waals surface area contributed by atoms with Gasteiger partial charge in [-0.15, -0.1) is 0 Å². The van der Waals surface area contributed by atoms with Gasteiger partial charge in [-0.2, -0.15) is 5.26 Å². The van der Waals surface area contributed by atoms with E-state index in [1.165, 1.54) is 0 Å². The summed E-state index contributed by atoms with van der Waals surface area (Å²) in [6.45, 7) is 4.56. The van der Waals surface area contributed by atoms with Crippen molar-refractivity contribution in [1.82, 2.24) is 5.32 Å². The third kappa shape index (κ3) is 3.11. The molecular weight excluding hydrogens is 232 g/mol. The Morgan fingerprint density at radius 1 is 1.50 bits per heavy atom. The van der Waals surface area contributed by atoms with Gasteiger partial charge in [0.2, 0.25) is 5.76 Å². The first kappa shape index (κ1) is 14.3. The number of nitrogens with zero attached hydrogens (tertiary/aromatic N) is 1. The predicted molar refractivity (Wildman–Crippen MR) is 65.8 cm³/mol. The third-order valence-corrected chi connectivity index (χ3v) is 3.34. The van der Waals surface area contributed by atoms with Crippen molar-refractivity contribution in [2.45, 2.75) is 33.2 Å². The fraction of sp³-hybridized carbons (Fsp3) is 0.538. The molecule has 5 heteroatoms. The molecule has 0 unspecified atom stereocenters. The van der Waals surface area contributed by atoms with Crippen LogP contribution in [0, 0.1) is 16.7 Å². The molecule has 2 N–H and O–H groups in total. The summed E-state index contributed by atoms with van der Waals surface area (Å²) in [6, 6.07) is 5.22. The number of carbonyl (C=O) groups is 1. The Labute approximate surface area is 106 Å². The lowest BCUT2D eigenvalue weighted by Crippen LogP contribution is -2.39. The van der Waals surface area contributed by atoms with Crippen LogP contribution in [0.4, 0.5) is 0 Å². The van der Waals surface area contributed by atoms with E-state index >= 15 is 0 Å². The van der Waals surface area contributed by atoms with Gasteiger partial charge in [0, 0.05) is 6.54 Å². The lowest BCUT2D eigenvalue weighted by molar-refractivity contribution is -0.149. The fourth-order valence-corrected chi connectivity index (χ4v) is 1.84. The quantitative estimate of drug-likeness (QED) is 0.774. The number of hydrogen-bond acceptors (Lipinski definition) is 4. The molecular formula is C13H18N2O3. The summed E-state index contributed by atoms with van der Waals surface area (Å²) in [7, 11) is 0. The molecule has 0 amide bonds. The number of nitrogens with one attached hydrogen (secondary N) is 1. The highest BCUT2D eigenvalue weighted by atomic mass is 16.4. The molecule has 1 aromatic heterocycles. The topological polar surface area (TPSA) is 86.3 Å². The molecule has 0 atom stereocenters. The van der Waals surface area contributed by atoms with Crippen LogP contribution in [-0.2, 0) is 11.3 Å². The fourth-order valence-electron chi connectivity index (χ4n) is 1.84. The highest BCUT2D eigenvalue weighted by Gasteiger charge is 2.34. The van der Waals surface area contributed by atoms with E-state index < -0.39 is 11.4 Å². The Balaban J connectivity index is 2.54. The molecule has 1 heterocycles. The molecule has 0 aliphatic heterocycles. The van der Waals surface area contributed by atoms with Gasteiger partial charge in [-0.25, -0.2) is 0 Å². The lowest BCUT2D eigenvalue weighted by atomic mass is 9.82. The van der Waals surface area contributed by atoms with Gasteiger partial charge < -0.3 is 14.8 Å². The van der Waals surface area contributed by atoms with Gasteiger partial charge in [-0.3, -0.25) is 4.79 Å². The Hall–Kier alpha value is -1.80. The van der Waals surface area contributed by atoms with Crippen LogP contribution in [0.1, 0.15) is 38.2 Å². The summed E-state index contributed by atoms with van der Waals surface area (Å²) in [5, 5.41) is 20.9. The maximum absolute atomic E-state index is 11.3. The highest BCUT2D eigenvalue weighted by molar-refractivity contribution is 5.74. The molecule has 5 nitrogen and oxygen atoms in total. The minimum atomic E-state index is -0.780. The smallest absolute Gasteiger partial charge is 0.310 e. The van der Waals surface area contributed by atoms with Crippen molar-refractivity contribution in [2.24, 2.45) is 5.41 Å². The van der Waals surface area contributed by atoms with Gasteiger partial charge in [-0.1, -0.05) is 13.8 Å². The molecule has 0 saturated heterocycles. The molecule has 0 aromatic carbocycles. The molecule has 0 aliphatic carbocycles. The van der Waals surface area contributed by atoms with Crippen LogP contribution in [0.25, 0.3) is 0 Å². The summed E-state index contributed by atoms with van der Waals surface area (Å²) in [5.41, 5.74) is -0.731. The van der Waals surface area contributed by atoms with Gasteiger partial charge in [-0.05, 0) is 25.0 Å². The largest absolute Gasteiger partial charge is 0.481 e. The number of hydrogen-bond donors (Lipinski definition) is 2. The van der Waals surface area contributed by atoms with Gasteiger partial charge in [0.15, 0.2) is 0 Å². The van der Waals surface area contributed by atoms with Crippen LogP contribution in [0.15, 0.2) is 16.5 Å². The van der Waals surface area contributed by atoms with E-state index in [4.69, 9.17) is 9.68 Å². The van der Waals surface area contributed by atoms with Crippen LogP contribution in [0.3, 0.4) is 0 Å². The Morgan fingerprint density at radius 2 is 2.17 bits per heavy atom. The summed E-state index contributed by atoms with van der Waals surface area (Å²) >= 11 is 0. The van der Waals surface area contributed by atoms with E-state index in [2.05, 4.69) is 5.32 Å². The van der Waals surface area contributed by atoms with Crippen LogP contribution in [0.5, 0.6) is 0 Å². The summed E-state index contributed by atoms with van der Waals surface area (Å²) in [6.07, 6.45) is 1.15. The van der Waals surface area contributed by atoms with Gasteiger partial charge in [0.25, 0.3) is 0 Å². The summed E-state index contributed by atoms with van der Waals surface area (Å²) in [5.74, 6) is 0.123. The van der Waals surface area contributed by atoms with Crippen molar-refractivity contribution in [3.05, 3.63) is 23.7 Å². The monoisotopic (exact) mass is 250 g/mol. The van der Waals surface area contributed by atoms with Crippen LogP contribution in [-0.4, -0.2) is 17.6 Å². The SMILES string of the molecule is CCC(CC)(CNCc1ccc(C#N)o1)C(=O)O. The van der Waals surface area contributed by atoms with E-state index in [1.807, 2.05) is 19.9 Å². The average Bonchev–Trinajstić information content (AvgIpc) is 2.82. The predicted octanol–water partition coefficient (Wildman–Crippen LogP) is 2.13. The van der Waals surface area contributed by atoms with Gasteiger partial charge in [0.05, 0.1) is 12.0 Å². The second-order valence-corrected chi connectivity index (χ2v) is 4.27. The second-order valence-electron chi connectivity index (χ2n) is 4.27. The first-order chi connectivity index (χ1) is 8.57. The molecule has 1 rings (SSSR count). The number of carboxylic acid groups (broad SMARTS) is 1. The Morgan fingerprint density at radius 3 is 2.61 bits per heavy atom. The summed E-state index contributed by atoms with van der Waals surface area (Å²) < 4.78 is 5.20. The molecule has 0 radical (unpaired) electrons. The maximum atomic E-state index is 11.3. The number of furan rings is 1. The van der Waals surface area contributed by atoms with Crippen molar-refractivity contribution in [3.8, 4) is 6.07 Å². The minimum Gasteiger partial charge on any atom is -0.481 e. The number of rotatable bonds is 7. The Bertz CT molecular complexity index is 441. The zero-order valence-corrected chi connectivity index (χ0v) is 10.7. The van der Waals surface area contributed by atoms with Crippen LogP contribution in [0.2, 0.25) is 0 Å². The molecule has 0 saturated carbocycles. The maximum Gasteiger partial charge on any atom is 0.310 e. The van der Waals surface area contributed by atoms with Gasteiger partial charge in [0.1, 0.15) is 11.8 Å². The first-order valence-electron chi connectivity index (χ1n) is 6.01. The molecule has 1 aromatic rings. The van der Waals surface area contributed by atoms with E-state index in [9.17, 15) is 9.90 Å². The molecule has 18 heavy (non-hydrogen) atoms. The van der Waals surface area contributed by atoms with Crippen LogP contribution >= 0.6 is 0 Å². The molecule has 0 bridgehead atoms. The second kappa shape index (κ2) is 6.22.